The quantitative estimate of drug-likeness (QED) is 0.546. The fourth-order valence-electron chi connectivity index (χ4n) is 2.48. The first-order valence-corrected chi connectivity index (χ1v) is 7.36. The van der Waals surface area contributed by atoms with E-state index in [0.717, 1.165) is 26.1 Å². The smallest absolute Gasteiger partial charge is 0.0587 e. The van der Waals surface area contributed by atoms with Gasteiger partial charge in [-0.1, -0.05) is 26.7 Å². The molecule has 0 aliphatic carbocycles. The van der Waals surface area contributed by atoms with E-state index >= 15 is 0 Å². The van der Waals surface area contributed by atoms with E-state index in [1.165, 1.54) is 25.7 Å². The Kier molecular flexibility index (Phi) is 10.7. The molecule has 0 aromatic heterocycles. The largest absolute Gasteiger partial charge is 0.383 e. The molecule has 3 heteroatoms. The van der Waals surface area contributed by atoms with Crippen LogP contribution in [0.5, 0.6) is 0 Å². The zero-order chi connectivity index (χ0) is 13.9. The third-order valence-corrected chi connectivity index (χ3v) is 3.92. The summed E-state index contributed by atoms with van der Waals surface area (Å²) in [5.41, 5.74) is 0.374. The summed E-state index contributed by atoms with van der Waals surface area (Å²) in [7, 11) is 3.56. The number of hydrogen-bond acceptors (Lipinski definition) is 3. The minimum absolute atomic E-state index is 0.339. The van der Waals surface area contributed by atoms with Crippen molar-refractivity contribution in [3.8, 4) is 0 Å². The van der Waals surface area contributed by atoms with Gasteiger partial charge in [-0.3, -0.25) is 0 Å². The summed E-state index contributed by atoms with van der Waals surface area (Å²) in [6.07, 6.45) is 6.54. The lowest BCUT2D eigenvalue weighted by atomic mass is 9.75. The van der Waals surface area contributed by atoms with E-state index in [0.29, 0.717) is 11.5 Å². The van der Waals surface area contributed by atoms with Gasteiger partial charge in [0.25, 0.3) is 0 Å². The molecular weight excluding hydrogens is 226 g/mol. The maximum Gasteiger partial charge on any atom is 0.0587 e. The van der Waals surface area contributed by atoms with Gasteiger partial charge in [-0.15, -0.1) is 0 Å². The number of ether oxygens (including phenoxy) is 2. The van der Waals surface area contributed by atoms with Crippen LogP contribution in [0.2, 0.25) is 0 Å². The minimum atomic E-state index is 0.339. The van der Waals surface area contributed by atoms with Gasteiger partial charge >= 0.3 is 0 Å². The van der Waals surface area contributed by atoms with Gasteiger partial charge in [0.2, 0.25) is 0 Å². The Balaban J connectivity index is 4.33. The van der Waals surface area contributed by atoms with E-state index < -0.39 is 0 Å². The van der Waals surface area contributed by atoms with Gasteiger partial charge in [-0.25, -0.2) is 0 Å². The topological polar surface area (TPSA) is 30.5 Å². The monoisotopic (exact) mass is 259 g/mol. The number of nitrogens with one attached hydrogen (secondary N) is 1. The van der Waals surface area contributed by atoms with Crippen LogP contribution in [0, 0.1) is 5.41 Å². The maximum absolute atomic E-state index is 5.46. The van der Waals surface area contributed by atoms with Gasteiger partial charge in [0, 0.05) is 27.3 Å². The molecule has 0 saturated heterocycles. The van der Waals surface area contributed by atoms with Gasteiger partial charge < -0.3 is 14.8 Å². The number of unbranched alkanes of at least 4 members (excludes halogenated alkanes) is 1. The molecule has 0 aliphatic heterocycles. The van der Waals surface area contributed by atoms with Crippen LogP contribution in [0.1, 0.15) is 52.9 Å². The first-order valence-electron chi connectivity index (χ1n) is 7.36. The standard InChI is InChI=1S/C15H33NO2/c1-6-8-9-15(7-2,12-14(3)18-5)13-16-10-11-17-4/h14,16H,6-13H2,1-5H3. The van der Waals surface area contributed by atoms with Crippen LogP contribution in [0.4, 0.5) is 0 Å². The average Bonchev–Trinajstić information content (AvgIpc) is 2.40. The van der Waals surface area contributed by atoms with Crippen molar-refractivity contribution in [3.05, 3.63) is 0 Å². The van der Waals surface area contributed by atoms with E-state index in [9.17, 15) is 0 Å². The molecule has 110 valence electrons. The van der Waals surface area contributed by atoms with E-state index in [2.05, 4.69) is 26.1 Å². The molecule has 0 fully saturated rings. The number of methoxy groups -OCH3 is 2. The molecule has 0 heterocycles. The Morgan fingerprint density at radius 1 is 1.22 bits per heavy atom. The second kappa shape index (κ2) is 10.8. The van der Waals surface area contributed by atoms with Crippen LogP contribution in [0.25, 0.3) is 0 Å². The summed E-state index contributed by atoms with van der Waals surface area (Å²) in [6.45, 7) is 9.53. The van der Waals surface area contributed by atoms with Gasteiger partial charge in [0.1, 0.15) is 0 Å². The molecule has 0 aromatic carbocycles. The molecule has 0 rings (SSSR count). The molecule has 0 aromatic rings. The predicted octanol–water partition coefficient (Wildman–Crippen LogP) is 3.23. The molecule has 2 unspecified atom stereocenters. The predicted molar refractivity (Wildman–Crippen MR) is 78.1 cm³/mol. The Labute approximate surface area is 114 Å². The zero-order valence-corrected chi connectivity index (χ0v) is 13.1. The third-order valence-electron chi connectivity index (χ3n) is 3.92. The van der Waals surface area contributed by atoms with E-state index in [1.54, 1.807) is 7.11 Å². The summed E-state index contributed by atoms with van der Waals surface area (Å²) in [5, 5.41) is 3.54. The Morgan fingerprint density at radius 2 is 1.94 bits per heavy atom. The van der Waals surface area contributed by atoms with Gasteiger partial charge in [-0.2, -0.15) is 0 Å². The molecule has 0 spiro atoms. The summed E-state index contributed by atoms with van der Waals surface area (Å²) in [5.74, 6) is 0. The molecule has 0 saturated carbocycles. The van der Waals surface area contributed by atoms with Crippen LogP contribution in [0.3, 0.4) is 0 Å². The van der Waals surface area contributed by atoms with Crippen LogP contribution in [-0.2, 0) is 9.47 Å². The van der Waals surface area contributed by atoms with E-state index in [-0.39, 0.29) is 0 Å². The first kappa shape index (κ1) is 17.9. The summed E-state index contributed by atoms with van der Waals surface area (Å²) >= 11 is 0. The average molecular weight is 259 g/mol. The van der Waals surface area contributed by atoms with Crippen LogP contribution >= 0.6 is 0 Å². The Bertz CT molecular complexity index is 187. The molecule has 0 bridgehead atoms. The molecule has 0 amide bonds. The fourth-order valence-corrected chi connectivity index (χ4v) is 2.48. The zero-order valence-electron chi connectivity index (χ0n) is 13.1. The molecule has 1 N–H and O–H groups in total. The fraction of sp³-hybridized carbons (Fsp3) is 1.00. The molecule has 0 aliphatic rings. The first-order chi connectivity index (χ1) is 8.64. The highest BCUT2D eigenvalue weighted by Crippen LogP contribution is 2.34. The highest BCUT2D eigenvalue weighted by Gasteiger charge is 2.29. The normalized spacial score (nSPS) is 16.5. The lowest BCUT2D eigenvalue weighted by Crippen LogP contribution is -2.38. The van der Waals surface area contributed by atoms with Crippen LogP contribution in [0.15, 0.2) is 0 Å². The second-order valence-corrected chi connectivity index (χ2v) is 5.38. The number of hydrogen-bond donors (Lipinski definition) is 1. The van der Waals surface area contributed by atoms with Crippen LogP contribution in [-0.4, -0.2) is 40.0 Å². The van der Waals surface area contributed by atoms with Crippen molar-refractivity contribution in [2.45, 2.75) is 59.0 Å². The van der Waals surface area contributed by atoms with Gasteiger partial charge in [0.05, 0.1) is 12.7 Å². The minimum Gasteiger partial charge on any atom is -0.383 e. The van der Waals surface area contributed by atoms with E-state index in [1.807, 2.05) is 7.11 Å². The molecule has 18 heavy (non-hydrogen) atoms. The lowest BCUT2D eigenvalue weighted by Gasteiger charge is -2.35. The van der Waals surface area contributed by atoms with Gasteiger partial charge in [-0.05, 0) is 31.6 Å². The molecule has 0 radical (unpaired) electrons. The Hall–Kier alpha value is -0.120. The van der Waals surface area contributed by atoms with Crippen molar-refractivity contribution < 1.29 is 9.47 Å². The summed E-state index contributed by atoms with van der Waals surface area (Å²) in [6, 6.07) is 0. The van der Waals surface area contributed by atoms with Crippen molar-refractivity contribution in [1.29, 1.82) is 0 Å². The molecule has 3 nitrogen and oxygen atoms in total. The molecular formula is C15H33NO2. The van der Waals surface area contributed by atoms with Crippen LogP contribution < -0.4 is 5.32 Å². The van der Waals surface area contributed by atoms with Crippen molar-refractivity contribution in [2.24, 2.45) is 5.41 Å². The van der Waals surface area contributed by atoms with Gasteiger partial charge in [0.15, 0.2) is 0 Å². The Morgan fingerprint density at radius 3 is 2.44 bits per heavy atom. The second-order valence-electron chi connectivity index (χ2n) is 5.38. The van der Waals surface area contributed by atoms with Crippen molar-refractivity contribution >= 4 is 0 Å². The number of rotatable bonds is 12. The highest BCUT2D eigenvalue weighted by molar-refractivity contribution is 4.82. The summed E-state index contributed by atoms with van der Waals surface area (Å²) < 4.78 is 10.5. The van der Waals surface area contributed by atoms with Crippen molar-refractivity contribution in [2.75, 3.05) is 33.9 Å². The third kappa shape index (κ3) is 7.34. The lowest BCUT2D eigenvalue weighted by molar-refractivity contribution is 0.0550. The van der Waals surface area contributed by atoms with Crippen molar-refractivity contribution in [3.63, 3.8) is 0 Å². The summed E-state index contributed by atoms with van der Waals surface area (Å²) in [4.78, 5) is 0. The van der Waals surface area contributed by atoms with Crippen molar-refractivity contribution in [1.82, 2.24) is 5.32 Å². The maximum atomic E-state index is 5.46. The van der Waals surface area contributed by atoms with E-state index in [4.69, 9.17) is 9.47 Å². The highest BCUT2D eigenvalue weighted by atomic mass is 16.5. The SMILES string of the molecule is CCCCC(CC)(CNCCOC)CC(C)OC. The molecule has 2 atom stereocenters.